The van der Waals surface area contributed by atoms with Crippen LogP contribution in [-0.2, 0) is 16.0 Å². The van der Waals surface area contributed by atoms with E-state index in [0.29, 0.717) is 22.8 Å². The molecule has 0 aliphatic heterocycles. The Morgan fingerprint density at radius 2 is 1.94 bits per heavy atom. The molecule has 0 saturated heterocycles. The van der Waals surface area contributed by atoms with Crippen molar-refractivity contribution in [3.63, 3.8) is 0 Å². The van der Waals surface area contributed by atoms with E-state index >= 15 is 0 Å². The maximum absolute atomic E-state index is 12.7. The molecule has 0 bridgehead atoms. The lowest BCUT2D eigenvalue weighted by Gasteiger charge is -2.25. The second-order valence-electron chi connectivity index (χ2n) is 8.77. The van der Waals surface area contributed by atoms with E-state index in [1.165, 1.54) is 11.1 Å². The second kappa shape index (κ2) is 9.79. The molecule has 2 N–H and O–H groups in total. The number of aryl methyl sites for hydroxylation is 3. The molecule has 3 aromatic rings. The minimum atomic E-state index is -0.479. The minimum absolute atomic E-state index is 0.0392. The SMILES string of the molecule is Cc1cc(C)n(C(C)C(=O)Nc2ccc(NC(=O)CC3CCCc4ccccc43)cc2Cl)n1. The number of nitrogens with one attached hydrogen (secondary N) is 2. The first-order valence-corrected chi connectivity index (χ1v) is 11.7. The number of halogens is 1. The van der Waals surface area contributed by atoms with Crippen molar-refractivity contribution in [2.75, 3.05) is 10.6 Å². The first-order chi connectivity index (χ1) is 15.8. The fourth-order valence-electron chi connectivity index (χ4n) is 4.58. The molecule has 6 nitrogen and oxygen atoms in total. The van der Waals surface area contributed by atoms with E-state index in [2.05, 4.69) is 33.9 Å². The lowest BCUT2D eigenvalue weighted by atomic mass is 9.81. The van der Waals surface area contributed by atoms with Gasteiger partial charge in [0.05, 0.1) is 16.4 Å². The third kappa shape index (κ3) is 5.28. The van der Waals surface area contributed by atoms with Gasteiger partial charge in [0.15, 0.2) is 0 Å². The summed E-state index contributed by atoms with van der Waals surface area (Å²) in [6.07, 6.45) is 3.64. The molecule has 1 heterocycles. The van der Waals surface area contributed by atoms with Gasteiger partial charge in [0.1, 0.15) is 6.04 Å². The molecule has 1 aromatic heterocycles. The molecule has 2 amide bonds. The fraction of sp³-hybridized carbons (Fsp3) is 0.346. The van der Waals surface area contributed by atoms with Crippen LogP contribution >= 0.6 is 11.6 Å². The largest absolute Gasteiger partial charge is 0.326 e. The first kappa shape index (κ1) is 23.1. The van der Waals surface area contributed by atoms with E-state index < -0.39 is 6.04 Å². The summed E-state index contributed by atoms with van der Waals surface area (Å²) < 4.78 is 1.69. The van der Waals surface area contributed by atoms with E-state index in [1.54, 1.807) is 29.8 Å². The summed E-state index contributed by atoms with van der Waals surface area (Å²) in [6.45, 7) is 5.60. The molecule has 2 aromatic carbocycles. The van der Waals surface area contributed by atoms with Crippen molar-refractivity contribution in [3.05, 3.63) is 76.1 Å². The number of carbonyl (C=O) groups excluding carboxylic acids is 2. The average molecular weight is 465 g/mol. The molecule has 0 radical (unpaired) electrons. The van der Waals surface area contributed by atoms with Gasteiger partial charge >= 0.3 is 0 Å². The highest BCUT2D eigenvalue weighted by Crippen LogP contribution is 2.34. The van der Waals surface area contributed by atoms with Crippen molar-refractivity contribution in [2.24, 2.45) is 0 Å². The number of benzene rings is 2. The Bertz CT molecular complexity index is 1190. The maximum atomic E-state index is 12.7. The number of rotatable bonds is 6. The first-order valence-electron chi connectivity index (χ1n) is 11.3. The van der Waals surface area contributed by atoms with Gasteiger partial charge in [0, 0.05) is 17.8 Å². The summed E-state index contributed by atoms with van der Waals surface area (Å²) in [6, 6.07) is 15.0. The number of carbonyl (C=O) groups is 2. The number of hydrogen-bond donors (Lipinski definition) is 2. The van der Waals surface area contributed by atoms with Crippen molar-refractivity contribution in [1.82, 2.24) is 9.78 Å². The third-order valence-corrected chi connectivity index (χ3v) is 6.54. The summed E-state index contributed by atoms with van der Waals surface area (Å²) in [7, 11) is 0. The van der Waals surface area contributed by atoms with Gasteiger partial charge in [-0.3, -0.25) is 14.3 Å². The number of anilines is 2. The maximum Gasteiger partial charge on any atom is 0.248 e. The molecular formula is C26H29ClN4O2. The van der Waals surface area contributed by atoms with Gasteiger partial charge in [-0.2, -0.15) is 5.10 Å². The van der Waals surface area contributed by atoms with Gasteiger partial charge in [-0.25, -0.2) is 0 Å². The molecule has 2 atom stereocenters. The molecule has 0 spiro atoms. The summed E-state index contributed by atoms with van der Waals surface area (Å²) in [5.74, 6) is -0.0154. The Morgan fingerprint density at radius 1 is 1.15 bits per heavy atom. The standard InChI is InChI=1S/C26H29ClN4O2/c1-16-13-17(2)31(30-16)18(3)26(33)29-24-12-11-21(15-23(24)27)28-25(32)14-20-9-6-8-19-7-4-5-10-22(19)20/h4-5,7,10-13,15,18,20H,6,8-9,14H2,1-3H3,(H,28,32)(H,29,33). The molecule has 0 saturated carbocycles. The highest BCUT2D eigenvalue weighted by Gasteiger charge is 2.23. The van der Waals surface area contributed by atoms with Crippen LogP contribution < -0.4 is 10.6 Å². The monoisotopic (exact) mass is 464 g/mol. The molecule has 172 valence electrons. The van der Waals surface area contributed by atoms with Crippen LogP contribution in [0.15, 0.2) is 48.5 Å². The van der Waals surface area contributed by atoms with Crippen molar-refractivity contribution in [1.29, 1.82) is 0 Å². The molecule has 7 heteroatoms. The molecule has 33 heavy (non-hydrogen) atoms. The van der Waals surface area contributed by atoms with Crippen LogP contribution in [-0.4, -0.2) is 21.6 Å². The Labute approximate surface area is 199 Å². The highest BCUT2D eigenvalue weighted by atomic mass is 35.5. The Morgan fingerprint density at radius 3 is 2.67 bits per heavy atom. The van der Waals surface area contributed by atoms with Gasteiger partial charge < -0.3 is 10.6 Å². The normalized spacial score (nSPS) is 16.1. The van der Waals surface area contributed by atoms with E-state index in [1.807, 2.05) is 26.0 Å². The average Bonchev–Trinajstić information content (AvgIpc) is 3.13. The fourth-order valence-corrected chi connectivity index (χ4v) is 4.81. The van der Waals surface area contributed by atoms with Crippen molar-refractivity contribution in [2.45, 2.75) is 58.4 Å². The topological polar surface area (TPSA) is 76.0 Å². The highest BCUT2D eigenvalue weighted by molar-refractivity contribution is 6.34. The van der Waals surface area contributed by atoms with Crippen LogP contribution in [0.1, 0.15) is 60.7 Å². The number of hydrogen-bond acceptors (Lipinski definition) is 3. The van der Waals surface area contributed by atoms with Crippen molar-refractivity contribution in [3.8, 4) is 0 Å². The summed E-state index contributed by atoms with van der Waals surface area (Å²) in [5, 5.41) is 10.6. The zero-order valence-corrected chi connectivity index (χ0v) is 19.9. The lowest BCUT2D eigenvalue weighted by molar-refractivity contribution is -0.119. The van der Waals surface area contributed by atoms with E-state index in [-0.39, 0.29) is 17.7 Å². The molecule has 0 fully saturated rings. The van der Waals surface area contributed by atoms with Crippen LogP contribution in [0.4, 0.5) is 11.4 Å². The van der Waals surface area contributed by atoms with Gasteiger partial charge in [-0.15, -0.1) is 0 Å². The van der Waals surface area contributed by atoms with Crippen molar-refractivity contribution >= 4 is 34.8 Å². The van der Waals surface area contributed by atoms with Gasteiger partial charge in [0.25, 0.3) is 0 Å². The molecule has 2 unspecified atom stereocenters. The van der Waals surface area contributed by atoms with E-state index in [0.717, 1.165) is 30.7 Å². The van der Waals surface area contributed by atoms with Gasteiger partial charge in [0.2, 0.25) is 11.8 Å². The zero-order valence-electron chi connectivity index (χ0n) is 19.2. The zero-order chi connectivity index (χ0) is 23.5. The minimum Gasteiger partial charge on any atom is -0.326 e. The predicted octanol–water partition coefficient (Wildman–Crippen LogP) is 5.80. The predicted molar refractivity (Wildman–Crippen MR) is 132 cm³/mol. The third-order valence-electron chi connectivity index (χ3n) is 6.23. The van der Waals surface area contributed by atoms with Crippen LogP contribution in [0.2, 0.25) is 5.02 Å². The molecule has 4 rings (SSSR count). The van der Waals surface area contributed by atoms with Crippen LogP contribution in [0.25, 0.3) is 0 Å². The van der Waals surface area contributed by atoms with Crippen LogP contribution in [0.3, 0.4) is 0 Å². The molecule has 1 aliphatic rings. The van der Waals surface area contributed by atoms with Crippen LogP contribution in [0, 0.1) is 13.8 Å². The van der Waals surface area contributed by atoms with Gasteiger partial charge in [-0.1, -0.05) is 35.9 Å². The smallest absolute Gasteiger partial charge is 0.248 e. The van der Waals surface area contributed by atoms with Crippen molar-refractivity contribution < 1.29 is 9.59 Å². The number of fused-ring (bicyclic) bond motifs is 1. The Hall–Kier alpha value is -3.12. The van der Waals surface area contributed by atoms with E-state index in [4.69, 9.17) is 11.6 Å². The Kier molecular flexibility index (Phi) is 6.84. The number of amides is 2. The summed E-state index contributed by atoms with van der Waals surface area (Å²) in [5.41, 5.74) is 5.51. The molecular weight excluding hydrogens is 436 g/mol. The van der Waals surface area contributed by atoms with E-state index in [9.17, 15) is 9.59 Å². The van der Waals surface area contributed by atoms with Crippen LogP contribution in [0.5, 0.6) is 0 Å². The second-order valence-corrected chi connectivity index (χ2v) is 9.18. The molecule has 1 aliphatic carbocycles. The Balaban J connectivity index is 1.38. The lowest BCUT2D eigenvalue weighted by Crippen LogP contribution is -2.25. The summed E-state index contributed by atoms with van der Waals surface area (Å²) >= 11 is 6.41. The van der Waals surface area contributed by atoms with Gasteiger partial charge in [-0.05, 0) is 81.3 Å². The number of aromatic nitrogens is 2. The number of nitrogens with zero attached hydrogens (tertiary/aromatic N) is 2. The quantitative estimate of drug-likeness (QED) is 0.484. The summed E-state index contributed by atoms with van der Waals surface area (Å²) in [4.78, 5) is 25.4.